The molecule has 0 spiro atoms. The molecule has 0 heterocycles. The predicted octanol–water partition coefficient (Wildman–Crippen LogP) is 1.89. The summed E-state index contributed by atoms with van der Waals surface area (Å²) in [6.45, 7) is 2.33. The molecule has 1 aromatic carbocycles. The zero-order valence-electron chi connectivity index (χ0n) is 10.1. The number of hydrogen-bond donors (Lipinski definition) is 2. The first kappa shape index (κ1) is 12.4. The van der Waals surface area contributed by atoms with E-state index in [4.69, 9.17) is 9.84 Å². The molecule has 0 bridgehead atoms. The Balaban J connectivity index is 2.15. The number of amides is 1. The minimum absolute atomic E-state index is 0.394. The first-order valence-corrected chi connectivity index (χ1v) is 5.87. The highest BCUT2D eigenvalue weighted by molar-refractivity contribution is 6.11. The van der Waals surface area contributed by atoms with Gasteiger partial charge in [0.1, 0.15) is 11.2 Å². The lowest BCUT2D eigenvalue weighted by Crippen LogP contribution is -2.31. The SMILES string of the molecule is CCOc1ccccc1NC(=O)C1(C(=O)O)CC1. The normalized spacial score (nSPS) is 15.8. The lowest BCUT2D eigenvalue weighted by Gasteiger charge is -2.14. The van der Waals surface area contributed by atoms with Gasteiger partial charge in [-0.25, -0.2) is 0 Å². The number of rotatable bonds is 5. The third-order valence-corrected chi connectivity index (χ3v) is 3.03. The van der Waals surface area contributed by atoms with Gasteiger partial charge < -0.3 is 15.2 Å². The Morgan fingerprint density at radius 3 is 2.61 bits per heavy atom. The molecule has 0 atom stereocenters. The summed E-state index contributed by atoms with van der Waals surface area (Å²) in [6, 6.07) is 6.99. The number of carbonyl (C=O) groups excluding carboxylic acids is 1. The number of benzene rings is 1. The van der Waals surface area contributed by atoms with Crippen molar-refractivity contribution in [3.8, 4) is 5.75 Å². The molecule has 1 amide bonds. The monoisotopic (exact) mass is 249 g/mol. The molecule has 5 nitrogen and oxygen atoms in total. The van der Waals surface area contributed by atoms with Crippen LogP contribution in [0.3, 0.4) is 0 Å². The van der Waals surface area contributed by atoms with Crippen LogP contribution in [0.1, 0.15) is 19.8 Å². The molecule has 1 fully saturated rings. The zero-order valence-corrected chi connectivity index (χ0v) is 10.1. The third-order valence-electron chi connectivity index (χ3n) is 3.03. The summed E-state index contributed by atoms with van der Waals surface area (Å²) >= 11 is 0. The Morgan fingerprint density at radius 1 is 1.39 bits per heavy atom. The Kier molecular flexibility index (Phi) is 3.23. The van der Waals surface area contributed by atoms with Gasteiger partial charge >= 0.3 is 5.97 Å². The number of anilines is 1. The van der Waals surface area contributed by atoms with Crippen LogP contribution in [0.5, 0.6) is 5.75 Å². The minimum atomic E-state index is -1.24. The summed E-state index contributed by atoms with van der Waals surface area (Å²) in [5, 5.41) is 11.7. The van der Waals surface area contributed by atoms with E-state index in [9.17, 15) is 9.59 Å². The van der Waals surface area contributed by atoms with Gasteiger partial charge in [0, 0.05) is 0 Å². The molecule has 0 saturated heterocycles. The number of carbonyl (C=O) groups is 2. The van der Waals surface area contributed by atoms with E-state index in [1.54, 1.807) is 24.3 Å². The van der Waals surface area contributed by atoms with Crippen LogP contribution >= 0.6 is 0 Å². The van der Waals surface area contributed by atoms with Crippen molar-refractivity contribution < 1.29 is 19.4 Å². The maximum Gasteiger partial charge on any atom is 0.319 e. The minimum Gasteiger partial charge on any atom is -0.492 e. The highest BCUT2D eigenvalue weighted by atomic mass is 16.5. The van der Waals surface area contributed by atoms with Gasteiger partial charge in [0.05, 0.1) is 12.3 Å². The number of para-hydroxylation sites is 2. The molecule has 0 aliphatic heterocycles. The average Bonchev–Trinajstić information content (AvgIpc) is 3.13. The Labute approximate surface area is 105 Å². The molecular weight excluding hydrogens is 234 g/mol. The number of hydrogen-bond acceptors (Lipinski definition) is 3. The van der Waals surface area contributed by atoms with E-state index in [-0.39, 0.29) is 0 Å². The Morgan fingerprint density at radius 2 is 2.06 bits per heavy atom. The lowest BCUT2D eigenvalue weighted by atomic mass is 10.1. The summed E-state index contributed by atoms with van der Waals surface area (Å²) in [5.41, 5.74) is -0.726. The van der Waals surface area contributed by atoms with Crippen LogP contribution < -0.4 is 10.1 Å². The van der Waals surface area contributed by atoms with Crippen molar-refractivity contribution in [2.75, 3.05) is 11.9 Å². The second-order valence-electron chi connectivity index (χ2n) is 4.27. The van der Waals surface area contributed by atoms with Gasteiger partial charge in [0.2, 0.25) is 5.91 Å². The number of carboxylic acid groups (broad SMARTS) is 1. The van der Waals surface area contributed by atoms with Gasteiger partial charge in [0.25, 0.3) is 0 Å². The quantitative estimate of drug-likeness (QED) is 0.781. The summed E-state index contributed by atoms with van der Waals surface area (Å²) in [7, 11) is 0. The molecule has 0 radical (unpaired) electrons. The molecule has 5 heteroatoms. The van der Waals surface area contributed by atoms with Crippen LogP contribution in [0.25, 0.3) is 0 Å². The van der Waals surface area contributed by atoms with Crippen molar-refractivity contribution in [3.05, 3.63) is 24.3 Å². The predicted molar refractivity (Wildman–Crippen MR) is 65.5 cm³/mol. The number of aliphatic carboxylic acids is 1. The van der Waals surface area contributed by atoms with E-state index in [2.05, 4.69) is 5.32 Å². The largest absolute Gasteiger partial charge is 0.492 e. The average molecular weight is 249 g/mol. The Hall–Kier alpha value is -2.04. The lowest BCUT2D eigenvalue weighted by molar-refractivity contribution is -0.147. The molecule has 1 aliphatic rings. The molecule has 1 aromatic rings. The molecule has 0 aromatic heterocycles. The zero-order chi connectivity index (χ0) is 13.2. The summed E-state index contributed by atoms with van der Waals surface area (Å²) in [5.74, 6) is -0.981. The molecule has 96 valence electrons. The topological polar surface area (TPSA) is 75.6 Å². The molecular formula is C13H15NO4. The number of carboxylic acids is 1. The molecule has 0 unspecified atom stereocenters. The van der Waals surface area contributed by atoms with Gasteiger partial charge in [-0.15, -0.1) is 0 Å². The highest BCUT2D eigenvalue weighted by Crippen LogP contribution is 2.47. The smallest absolute Gasteiger partial charge is 0.319 e. The first-order chi connectivity index (χ1) is 8.60. The number of ether oxygens (including phenoxy) is 1. The second-order valence-corrected chi connectivity index (χ2v) is 4.27. The first-order valence-electron chi connectivity index (χ1n) is 5.87. The molecule has 18 heavy (non-hydrogen) atoms. The van der Waals surface area contributed by atoms with Gasteiger partial charge in [0.15, 0.2) is 0 Å². The van der Waals surface area contributed by atoms with E-state index < -0.39 is 17.3 Å². The van der Waals surface area contributed by atoms with Crippen LogP contribution in [0.4, 0.5) is 5.69 Å². The van der Waals surface area contributed by atoms with Gasteiger partial charge in [-0.2, -0.15) is 0 Å². The van der Waals surface area contributed by atoms with Gasteiger partial charge in [-0.05, 0) is 31.9 Å². The molecule has 1 aliphatic carbocycles. The van der Waals surface area contributed by atoms with Crippen molar-refractivity contribution in [1.82, 2.24) is 0 Å². The number of nitrogens with one attached hydrogen (secondary N) is 1. The van der Waals surface area contributed by atoms with Crippen molar-refractivity contribution in [1.29, 1.82) is 0 Å². The van der Waals surface area contributed by atoms with Crippen LogP contribution in [0, 0.1) is 5.41 Å². The van der Waals surface area contributed by atoms with Crippen molar-refractivity contribution in [2.45, 2.75) is 19.8 Å². The van der Waals surface area contributed by atoms with Crippen LogP contribution in [-0.2, 0) is 9.59 Å². The maximum absolute atomic E-state index is 11.9. The fourth-order valence-electron chi connectivity index (χ4n) is 1.76. The second kappa shape index (κ2) is 4.68. The molecule has 1 saturated carbocycles. The van der Waals surface area contributed by atoms with E-state index in [1.165, 1.54) is 0 Å². The van der Waals surface area contributed by atoms with Crippen LogP contribution in [-0.4, -0.2) is 23.6 Å². The fourth-order valence-corrected chi connectivity index (χ4v) is 1.76. The maximum atomic E-state index is 11.9. The summed E-state index contributed by atoms with van der Waals surface area (Å²) in [4.78, 5) is 23.0. The van der Waals surface area contributed by atoms with E-state index in [0.717, 1.165) is 0 Å². The van der Waals surface area contributed by atoms with Crippen LogP contribution in [0.2, 0.25) is 0 Å². The van der Waals surface area contributed by atoms with Crippen molar-refractivity contribution in [3.63, 3.8) is 0 Å². The summed E-state index contributed by atoms with van der Waals surface area (Å²) in [6.07, 6.45) is 0.788. The Bertz CT molecular complexity index is 480. The van der Waals surface area contributed by atoms with Crippen molar-refractivity contribution in [2.24, 2.45) is 5.41 Å². The summed E-state index contributed by atoms with van der Waals surface area (Å²) < 4.78 is 5.37. The third kappa shape index (κ3) is 2.16. The fraction of sp³-hybridized carbons (Fsp3) is 0.385. The molecule has 2 rings (SSSR count). The van der Waals surface area contributed by atoms with Crippen LogP contribution in [0.15, 0.2) is 24.3 Å². The van der Waals surface area contributed by atoms with Gasteiger partial charge in [-0.1, -0.05) is 12.1 Å². The standard InChI is InChI=1S/C13H15NO4/c1-2-18-10-6-4-3-5-9(10)14-11(15)13(7-8-13)12(16)17/h3-6H,2,7-8H2,1H3,(H,14,15)(H,16,17). The highest BCUT2D eigenvalue weighted by Gasteiger charge is 2.57. The van der Waals surface area contributed by atoms with Gasteiger partial charge in [-0.3, -0.25) is 9.59 Å². The van der Waals surface area contributed by atoms with Crippen molar-refractivity contribution >= 4 is 17.6 Å². The molecule has 2 N–H and O–H groups in total. The van der Waals surface area contributed by atoms with E-state index >= 15 is 0 Å². The van der Waals surface area contributed by atoms with E-state index in [1.807, 2.05) is 6.92 Å². The van der Waals surface area contributed by atoms with E-state index in [0.29, 0.717) is 30.9 Å².